The molecule has 4 heteroatoms. The van der Waals surface area contributed by atoms with E-state index in [2.05, 4.69) is 9.97 Å². The third-order valence-electron chi connectivity index (χ3n) is 2.48. The number of aryl methyl sites for hydroxylation is 1. The maximum atomic E-state index is 5.75. The lowest BCUT2D eigenvalue weighted by Gasteiger charge is -2.07. The van der Waals surface area contributed by atoms with E-state index in [0.29, 0.717) is 5.88 Å². The number of hydrogen-bond donors (Lipinski definition) is 1. The molecule has 1 heterocycles. The van der Waals surface area contributed by atoms with Crippen molar-refractivity contribution in [2.45, 2.75) is 26.3 Å². The summed E-state index contributed by atoms with van der Waals surface area (Å²) in [4.78, 5) is 8.08. The Balaban J connectivity index is 2.06. The molecule has 2 rings (SSSR count). The summed E-state index contributed by atoms with van der Waals surface area (Å²) in [6, 6.07) is 9.86. The standard InChI is InChI=1S/C14H17N3O/c1-10(15)7-12-3-5-13(6-4-12)18-14-8-11(2)16-9-17-14/h3-6,8-10H,7,15H2,1-2H3. The van der Waals surface area contributed by atoms with Gasteiger partial charge in [0.15, 0.2) is 0 Å². The molecule has 0 spiro atoms. The average Bonchev–Trinajstić information content (AvgIpc) is 2.31. The van der Waals surface area contributed by atoms with Gasteiger partial charge in [-0.15, -0.1) is 0 Å². The fraction of sp³-hybridized carbons (Fsp3) is 0.286. The zero-order valence-electron chi connectivity index (χ0n) is 10.6. The zero-order chi connectivity index (χ0) is 13.0. The molecule has 0 fully saturated rings. The lowest BCUT2D eigenvalue weighted by molar-refractivity contribution is 0.460. The van der Waals surface area contributed by atoms with Crippen molar-refractivity contribution in [3.63, 3.8) is 0 Å². The zero-order valence-corrected chi connectivity index (χ0v) is 10.6. The fourth-order valence-corrected chi connectivity index (χ4v) is 1.67. The summed E-state index contributed by atoms with van der Waals surface area (Å²) in [5.74, 6) is 1.32. The van der Waals surface area contributed by atoms with Gasteiger partial charge in [-0.2, -0.15) is 0 Å². The van der Waals surface area contributed by atoms with E-state index in [-0.39, 0.29) is 6.04 Å². The molecule has 0 bridgehead atoms. The summed E-state index contributed by atoms with van der Waals surface area (Å²) in [7, 11) is 0. The second-order valence-corrected chi connectivity index (χ2v) is 4.43. The van der Waals surface area contributed by atoms with Crippen LogP contribution < -0.4 is 10.5 Å². The van der Waals surface area contributed by atoms with E-state index in [4.69, 9.17) is 10.5 Å². The Morgan fingerprint density at radius 1 is 1.22 bits per heavy atom. The van der Waals surface area contributed by atoms with E-state index in [0.717, 1.165) is 17.9 Å². The first-order valence-corrected chi connectivity index (χ1v) is 5.94. The van der Waals surface area contributed by atoms with Crippen molar-refractivity contribution in [3.8, 4) is 11.6 Å². The van der Waals surface area contributed by atoms with Gasteiger partial charge in [-0.3, -0.25) is 0 Å². The van der Waals surface area contributed by atoms with Gasteiger partial charge < -0.3 is 10.5 Å². The predicted octanol–water partition coefficient (Wildman–Crippen LogP) is 2.47. The normalized spacial score (nSPS) is 12.2. The molecule has 1 atom stereocenters. The summed E-state index contributed by atoms with van der Waals surface area (Å²) in [5.41, 5.74) is 7.84. The largest absolute Gasteiger partial charge is 0.439 e. The highest BCUT2D eigenvalue weighted by molar-refractivity contribution is 5.30. The van der Waals surface area contributed by atoms with Crippen LogP contribution in [0.4, 0.5) is 0 Å². The summed E-state index contributed by atoms with van der Waals surface area (Å²) >= 11 is 0. The van der Waals surface area contributed by atoms with Crippen molar-refractivity contribution >= 4 is 0 Å². The summed E-state index contributed by atoms with van der Waals surface area (Å²) in [5, 5.41) is 0. The predicted molar refractivity (Wildman–Crippen MR) is 70.6 cm³/mol. The number of hydrogen-bond acceptors (Lipinski definition) is 4. The maximum absolute atomic E-state index is 5.75. The Labute approximate surface area is 107 Å². The minimum atomic E-state index is 0.168. The second kappa shape index (κ2) is 5.60. The molecule has 1 unspecified atom stereocenters. The van der Waals surface area contributed by atoms with Gasteiger partial charge in [-0.25, -0.2) is 9.97 Å². The highest BCUT2D eigenvalue weighted by Crippen LogP contribution is 2.20. The van der Waals surface area contributed by atoms with Crippen LogP contribution in [0.3, 0.4) is 0 Å². The number of nitrogens with zero attached hydrogens (tertiary/aromatic N) is 2. The molecule has 4 nitrogen and oxygen atoms in total. The first kappa shape index (κ1) is 12.5. The summed E-state index contributed by atoms with van der Waals surface area (Å²) in [6.45, 7) is 3.90. The lowest BCUT2D eigenvalue weighted by atomic mass is 10.1. The van der Waals surface area contributed by atoms with Gasteiger partial charge in [0.05, 0.1) is 0 Å². The second-order valence-electron chi connectivity index (χ2n) is 4.43. The highest BCUT2D eigenvalue weighted by atomic mass is 16.5. The van der Waals surface area contributed by atoms with E-state index in [1.165, 1.54) is 11.9 Å². The monoisotopic (exact) mass is 243 g/mol. The van der Waals surface area contributed by atoms with E-state index < -0.39 is 0 Å². The quantitative estimate of drug-likeness (QED) is 0.896. The molecule has 0 aliphatic heterocycles. The molecular formula is C14H17N3O. The van der Waals surface area contributed by atoms with E-state index >= 15 is 0 Å². The van der Waals surface area contributed by atoms with Crippen molar-refractivity contribution in [1.82, 2.24) is 9.97 Å². The Morgan fingerprint density at radius 2 is 1.94 bits per heavy atom. The SMILES string of the molecule is Cc1cc(Oc2ccc(CC(C)N)cc2)ncn1. The highest BCUT2D eigenvalue weighted by Gasteiger charge is 2.01. The van der Waals surface area contributed by atoms with Gasteiger partial charge >= 0.3 is 0 Å². The van der Waals surface area contributed by atoms with Crippen LogP contribution in [-0.4, -0.2) is 16.0 Å². The Kier molecular flexibility index (Phi) is 3.89. The van der Waals surface area contributed by atoms with E-state index in [1.54, 1.807) is 6.07 Å². The van der Waals surface area contributed by atoms with E-state index in [1.807, 2.05) is 38.1 Å². The van der Waals surface area contributed by atoms with Crippen LogP contribution in [0.1, 0.15) is 18.2 Å². The number of ether oxygens (including phenoxy) is 1. The molecule has 0 aliphatic carbocycles. The minimum Gasteiger partial charge on any atom is -0.439 e. The van der Waals surface area contributed by atoms with Crippen molar-refractivity contribution in [1.29, 1.82) is 0 Å². The number of aromatic nitrogens is 2. The molecule has 0 aliphatic rings. The molecule has 0 saturated carbocycles. The van der Waals surface area contributed by atoms with Crippen LogP contribution in [-0.2, 0) is 6.42 Å². The van der Waals surface area contributed by atoms with Gasteiger partial charge in [0.25, 0.3) is 0 Å². The van der Waals surface area contributed by atoms with E-state index in [9.17, 15) is 0 Å². The van der Waals surface area contributed by atoms with Crippen molar-refractivity contribution < 1.29 is 4.74 Å². The van der Waals surface area contributed by atoms with Gasteiger partial charge in [0.1, 0.15) is 12.1 Å². The maximum Gasteiger partial charge on any atom is 0.222 e. The van der Waals surface area contributed by atoms with Crippen LogP contribution in [0.25, 0.3) is 0 Å². The molecule has 94 valence electrons. The van der Waals surface area contributed by atoms with Crippen LogP contribution in [0.5, 0.6) is 11.6 Å². The Morgan fingerprint density at radius 3 is 2.56 bits per heavy atom. The third kappa shape index (κ3) is 3.53. The lowest BCUT2D eigenvalue weighted by Crippen LogP contribution is -2.17. The topological polar surface area (TPSA) is 61.0 Å². The summed E-state index contributed by atoms with van der Waals surface area (Å²) in [6.07, 6.45) is 2.36. The molecule has 2 aromatic rings. The fourth-order valence-electron chi connectivity index (χ4n) is 1.67. The van der Waals surface area contributed by atoms with Gasteiger partial charge in [-0.05, 0) is 38.0 Å². The molecular weight excluding hydrogens is 226 g/mol. The van der Waals surface area contributed by atoms with Crippen LogP contribution in [0.15, 0.2) is 36.7 Å². The number of rotatable bonds is 4. The summed E-state index contributed by atoms with van der Waals surface area (Å²) < 4.78 is 5.64. The Hall–Kier alpha value is -1.94. The molecule has 0 saturated heterocycles. The molecule has 1 aromatic carbocycles. The third-order valence-corrected chi connectivity index (χ3v) is 2.48. The molecule has 0 radical (unpaired) electrons. The average molecular weight is 243 g/mol. The van der Waals surface area contributed by atoms with Crippen LogP contribution in [0, 0.1) is 6.92 Å². The molecule has 2 N–H and O–H groups in total. The Bertz CT molecular complexity index is 509. The van der Waals surface area contributed by atoms with Crippen molar-refractivity contribution in [3.05, 3.63) is 47.9 Å². The molecule has 18 heavy (non-hydrogen) atoms. The molecule has 0 amide bonds. The number of nitrogens with two attached hydrogens (primary N) is 1. The first-order valence-electron chi connectivity index (χ1n) is 5.94. The molecule has 1 aromatic heterocycles. The number of benzene rings is 1. The van der Waals surface area contributed by atoms with Crippen LogP contribution >= 0.6 is 0 Å². The van der Waals surface area contributed by atoms with Gasteiger partial charge in [-0.1, -0.05) is 12.1 Å². The van der Waals surface area contributed by atoms with Gasteiger partial charge in [0.2, 0.25) is 5.88 Å². The van der Waals surface area contributed by atoms with Crippen molar-refractivity contribution in [2.75, 3.05) is 0 Å². The van der Waals surface area contributed by atoms with Gasteiger partial charge in [0, 0.05) is 17.8 Å². The first-order chi connectivity index (χ1) is 8.63. The smallest absolute Gasteiger partial charge is 0.222 e. The minimum absolute atomic E-state index is 0.168. The van der Waals surface area contributed by atoms with Crippen molar-refractivity contribution in [2.24, 2.45) is 5.73 Å². The van der Waals surface area contributed by atoms with Crippen LogP contribution in [0.2, 0.25) is 0 Å².